The molecule has 1 aliphatic carbocycles. The summed E-state index contributed by atoms with van der Waals surface area (Å²) in [6, 6.07) is 5.86. The van der Waals surface area contributed by atoms with Gasteiger partial charge in [-0.2, -0.15) is 5.10 Å². The largest absolute Gasteiger partial charge is 0.423 e. The molecule has 1 saturated carbocycles. The highest BCUT2D eigenvalue weighted by Gasteiger charge is 2.41. The summed E-state index contributed by atoms with van der Waals surface area (Å²) in [5.41, 5.74) is 1.42. The second-order valence-corrected chi connectivity index (χ2v) is 10.3. The quantitative estimate of drug-likeness (QED) is 0.375. The highest BCUT2D eigenvalue weighted by atomic mass is 32.2. The van der Waals surface area contributed by atoms with Gasteiger partial charge in [0.15, 0.2) is 16.6 Å². The molecular formula is C26H30FN3O4S. The SMILES string of the molecule is CCC(=O)Oc1cnn(CC=C2CN(C(C(=O)C3CC3)c3ccccc3F)CCC2SC(C)=O)c1. The van der Waals surface area contributed by atoms with Gasteiger partial charge in [-0.1, -0.05) is 43.0 Å². The van der Waals surface area contributed by atoms with E-state index >= 15 is 0 Å². The van der Waals surface area contributed by atoms with E-state index < -0.39 is 6.04 Å². The number of thioether (sulfide) groups is 1. The van der Waals surface area contributed by atoms with Crippen molar-refractivity contribution in [3.63, 3.8) is 0 Å². The summed E-state index contributed by atoms with van der Waals surface area (Å²) in [5.74, 6) is -0.262. The fourth-order valence-corrected chi connectivity index (χ4v) is 5.31. The van der Waals surface area contributed by atoms with Gasteiger partial charge in [0.1, 0.15) is 5.82 Å². The minimum absolute atomic E-state index is 0.00956. The molecule has 2 aromatic rings. The van der Waals surface area contributed by atoms with Gasteiger partial charge in [0, 0.05) is 43.2 Å². The molecule has 0 amide bonds. The van der Waals surface area contributed by atoms with Gasteiger partial charge >= 0.3 is 5.97 Å². The lowest BCUT2D eigenvalue weighted by atomic mass is 9.93. The summed E-state index contributed by atoms with van der Waals surface area (Å²) in [6.07, 6.45) is 7.81. The standard InChI is InChI=1S/C26H30FN3O4S/c1-3-24(32)34-20-14-28-30(16-20)13-10-19-15-29(12-11-23(19)35-17(2)31)25(26(33)18-8-9-18)21-6-4-5-7-22(21)27/h4-7,10,14,16,18,23,25H,3,8-9,11-13,15H2,1-2H3. The number of halogens is 1. The number of piperidine rings is 1. The van der Waals surface area contributed by atoms with Crippen molar-refractivity contribution in [1.29, 1.82) is 0 Å². The number of ether oxygens (including phenoxy) is 1. The van der Waals surface area contributed by atoms with Gasteiger partial charge < -0.3 is 4.74 Å². The van der Waals surface area contributed by atoms with E-state index in [0.717, 1.165) is 18.4 Å². The summed E-state index contributed by atoms with van der Waals surface area (Å²) >= 11 is 1.28. The summed E-state index contributed by atoms with van der Waals surface area (Å²) < 4.78 is 21.6. The van der Waals surface area contributed by atoms with Crippen LogP contribution in [0.25, 0.3) is 0 Å². The number of aromatic nitrogens is 2. The molecule has 1 aromatic carbocycles. The summed E-state index contributed by atoms with van der Waals surface area (Å²) in [6.45, 7) is 4.75. The average Bonchev–Trinajstić information content (AvgIpc) is 3.60. The number of hydrogen-bond acceptors (Lipinski definition) is 7. The Hall–Kier alpha value is -2.78. The highest BCUT2D eigenvalue weighted by Crippen LogP contribution is 2.40. The molecule has 0 spiro atoms. The number of benzene rings is 1. The van der Waals surface area contributed by atoms with Crippen LogP contribution < -0.4 is 4.74 Å². The van der Waals surface area contributed by atoms with Gasteiger partial charge in [0.2, 0.25) is 0 Å². The predicted molar refractivity (Wildman–Crippen MR) is 131 cm³/mol. The minimum Gasteiger partial charge on any atom is -0.423 e. The van der Waals surface area contributed by atoms with Crippen LogP contribution in [-0.2, 0) is 20.9 Å². The number of allylic oxidation sites excluding steroid dienone is 1. The topological polar surface area (TPSA) is 81.5 Å². The predicted octanol–water partition coefficient (Wildman–Crippen LogP) is 4.34. The van der Waals surface area contributed by atoms with Gasteiger partial charge in [0.05, 0.1) is 25.0 Å². The average molecular weight is 500 g/mol. The molecule has 2 heterocycles. The lowest BCUT2D eigenvalue weighted by Gasteiger charge is -2.38. The maximum atomic E-state index is 14.8. The van der Waals surface area contributed by atoms with Crippen LogP contribution in [0, 0.1) is 11.7 Å². The van der Waals surface area contributed by atoms with Crippen molar-refractivity contribution < 1.29 is 23.5 Å². The zero-order chi connectivity index (χ0) is 24.9. The van der Waals surface area contributed by atoms with E-state index in [1.54, 1.807) is 42.9 Å². The molecule has 7 nitrogen and oxygen atoms in total. The smallest absolute Gasteiger partial charge is 0.311 e. The van der Waals surface area contributed by atoms with Crippen molar-refractivity contribution in [3.8, 4) is 5.75 Å². The van der Waals surface area contributed by atoms with E-state index in [1.165, 1.54) is 24.0 Å². The monoisotopic (exact) mass is 499 g/mol. The molecule has 2 atom stereocenters. The van der Waals surface area contributed by atoms with Crippen LogP contribution >= 0.6 is 11.8 Å². The van der Waals surface area contributed by atoms with Crippen molar-refractivity contribution in [2.24, 2.45) is 5.92 Å². The van der Waals surface area contributed by atoms with Crippen molar-refractivity contribution in [2.45, 2.75) is 57.4 Å². The lowest BCUT2D eigenvalue weighted by molar-refractivity contribution is -0.134. The third-order valence-electron chi connectivity index (χ3n) is 6.27. The molecular weight excluding hydrogens is 469 g/mol. The van der Waals surface area contributed by atoms with Gasteiger partial charge in [0.25, 0.3) is 0 Å². The summed E-state index contributed by atoms with van der Waals surface area (Å²) in [7, 11) is 0. The van der Waals surface area contributed by atoms with E-state index in [2.05, 4.69) is 5.10 Å². The molecule has 2 aliphatic rings. The van der Waals surface area contributed by atoms with Gasteiger partial charge in [-0.3, -0.25) is 24.0 Å². The highest BCUT2D eigenvalue weighted by molar-refractivity contribution is 8.14. The number of esters is 1. The molecule has 1 aromatic heterocycles. The number of nitrogens with zero attached hydrogens (tertiary/aromatic N) is 3. The summed E-state index contributed by atoms with van der Waals surface area (Å²) in [4.78, 5) is 38.7. The van der Waals surface area contributed by atoms with E-state index in [4.69, 9.17) is 4.74 Å². The number of ketones is 1. The Kier molecular flexibility index (Phi) is 8.18. The van der Waals surface area contributed by atoms with Crippen LogP contribution in [0.3, 0.4) is 0 Å². The molecule has 0 radical (unpaired) electrons. The van der Waals surface area contributed by atoms with Gasteiger partial charge in [-0.25, -0.2) is 4.39 Å². The van der Waals surface area contributed by atoms with Gasteiger partial charge in [-0.15, -0.1) is 0 Å². The van der Waals surface area contributed by atoms with E-state index in [-0.39, 0.29) is 40.3 Å². The minimum atomic E-state index is -0.639. The van der Waals surface area contributed by atoms with Crippen molar-refractivity contribution in [2.75, 3.05) is 13.1 Å². The first-order valence-electron chi connectivity index (χ1n) is 12.0. The number of likely N-dealkylation sites (tertiary alicyclic amines) is 1. The normalized spacial score (nSPS) is 20.5. The van der Waals surface area contributed by atoms with Crippen LogP contribution in [0.1, 0.15) is 51.1 Å². The first-order valence-corrected chi connectivity index (χ1v) is 12.8. The molecule has 2 unspecified atom stereocenters. The maximum absolute atomic E-state index is 14.8. The second kappa shape index (κ2) is 11.3. The molecule has 1 saturated heterocycles. The fourth-order valence-electron chi connectivity index (χ4n) is 4.36. The van der Waals surface area contributed by atoms with Gasteiger partial charge in [-0.05, 0) is 30.9 Å². The maximum Gasteiger partial charge on any atom is 0.311 e. The second-order valence-electron chi connectivity index (χ2n) is 8.96. The van der Waals surface area contributed by atoms with E-state index in [9.17, 15) is 18.8 Å². The summed E-state index contributed by atoms with van der Waals surface area (Å²) in [5, 5.41) is 4.26. The van der Waals surface area contributed by atoms with Crippen molar-refractivity contribution >= 4 is 28.6 Å². The zero-order valence-electron chi connectivity index (χ0n) is 20.0. The number of Topliss-reactive ketones (excluding diaryl/α,β-unsaturated/α-hetero) is 1. The van der Waals surface area contributed by atoms with E-state index in [1.807, 2.05) is 11.0 Å². The Morgan fingerprint density at radius 2 is 2.03 bits per heavy atom. The van der Waals surface area contributed by atoms with Crippen LogP contribution in [0.15, 0.2) is 48.3 Å². The zero-order valence-corrected chi connectivity index (χ0v) is 20.8. The van der Waals surface area contributed by atoms with E-state index in [0.29, 0.717) is 37.4 Å². The van der Waals surface area contributed by atoms with Crippen molar-refractivity contribution in [1.82, 2.24) is 14.7 Å². The molecule has 9 heteroatoms. The number of rotatable bonds is 9. The van der Waals surface area contributed by atoms with Crippen LogP contribution in [-0.4, -0.2) is 49.9 Å². The first-order chi connectivity index (χ1) is 16.9. The molecule has 2 fully saturated rings. The molecule has 186 valence electrons. The molecule has 35 heavy (non-hydrogen) atoms. The van der Waals surface area contributed by atoms with Crippen molar-refractivity contribution in [3.05, 3.63) is 59.7 Å². The molecule has 1 aliphatic heterocycles. The lowest BCUT2D eigenvalue weighted by Crippen LogP contribution is -2.43. The third-order valence-corrected chi connectivity index (χ3v) is 7.43. The molecule has 0 N–H and O–H groups in total. The molecule has 4 rings (SSSR count). The first kappa shape index (κ1) is 25.3. The van der Waals surface area contributed by atoms with Crippen LogP contribution in [0.2, 0.25) is 0 Å². The molecule has 0 bridgehead atoms. The Morgan fingerprint density at radius 1 is 1.26 bits per heavy atom. The van der Waals surface area contributed by atoms with Crippen LogP contribution in [0.4, 0.5) is 4.39 Å². The fraction of sp³-hybridized carbons (Fsp3) is 0.462. The number of hydrogen-bond donors (Lipinski definition) is 0. The number of carbonyl (C=O) groups is 3. The Bertz CT molecular complexity index is 1130. The number of carbonyl (C=O) groups excluding carboxylic acids is 3. The Balaban J connectivity index is 1.56. The Morgan fingerprint density at radius 3 is 2.71 bits per heavy atom. The Labute approximate surface area is 208 Å². The van der Waals surface area contributed by atoms with Crippen LogP contribution in [0.5, 0.6) is 5.75 Å². The third kappa shape index (κ3) is 6.46.